The summed E-state index contributed by atoms with van der Waals surface area (Å²) in [6, 6.07) is -0.375. The van der Waals surface area contributed by atoms with E-state index in [-0.39, 0.29) is 12.0 Å². The Labute approximate surface area is 64.2 Å². The Balaban J connectivity index is 2.47. The number of esters is 1. The van der Waals surface area contributed by atoms with Crippen molar-refractivity contribution in [3.63, 3.8) is 0 Å². The number of carbonyl (C=O) groups excluding carboxylic acids is 2. The summed E-state index contributed by atoms with van der Waals surface area (Å²) in [4.78, 5) is 21.0. The molecule has 0 amide bonds. The van der Waals surface area contributed by atoms with Crippen molar-refractivity contribution in [3.8, 4) is 0 Å². The first-order valence-corrected chi connectivity index (χ1v) is 3.26. The predicted molar refractivity (Wildman–Crippen MR) is 37.7 cm³/mol. The summed E-state index contributed by atoms with van der Waals surface area (Å²) in [5, 5.41) is 2.74. The lowest BCUT2D eigenvalue weighted by molar-refractivity contribution is -0.142. The number of ether oxygens (including phenoxy) is 1. The second kappa shape index (κ2) is 3.18. The van der Waals surface area contributed by atoms with Crippen LogP contribution in [-0.4, -0.2) is 25.4 Å². The van der Waals surface area contributed by atoms with Gasteiger partial charge in [-0.15, -0.1) is 0 Å². The third-order valence-corrected chi connectivity index (χ3v) is 1.55. The second-order valence-electron chi connectivity index (χ2n) is 2.28. The van der Waals surface area contributed by atoms with Gasteiger partial charge in [-0.1, -0.05) is 0 Å². The second-order valence-corrected chi connectivity index (χ2v) is 2.28. The number of carbonyl (C=O) groups is 2. The average Bonchev–Trinajstić information content (AvgIpc) is 2.50. The first kappa shape index (κ1) is 7.78. The van der Waals surface area contributed by atoms with Gasteiger partial charge in [0.05, 0.1) is 7.11 Å². The van der Waals surface area contributed by atoms with Gasteiger partial charge < -0.3 is 10.1 Å². The highest BCUT2D eigenvalue weighted by molar-refractivity contribution is 5.82. The molecule has 4 heteroatoms. The van der Waals surface area contributed by atoms with Crippen LogP contribution in [0.15, 0.2) is 11.8 Å². The molecule has 0 saturated carbocycles. The molecule has 60 valence electrons. The van der Waals surface area contributed by atoms with Crippen molar-refractivity contribution < 1.29 is 14.3 Å². The van der Waals surface area contributed by atoms with Gasteiger partial charge in [-0.3, -0.25) is 4.79 Å². The number of aldehydes is 1. The lowest BCUT2D eigenvalue weighted by atomic mass is 10.1. The number of rotatable bonds is 2. The van der Waals surface area contributed by atoms with Crippen molar-refractivity contribution in [2.24, 2.45) is 0 Å². The molecule has 4 nitrogen and oxygen atoms in total. The lowest BCUT2D eigenvalue weighted by Gasteiger charge is -2.06. The van der Waals surface area contributed by atoms with E-state index in [9.17, 15) is 9.59 Å². The molecule has 1 N–H and O–H groups in total. The molecule has 0 aromatic rings. The molecule has 0 fully saturated rings. The largest absolute Gasteiger partial charge is 0.467 e. The molecule has 1 aliphatic rings. The van der Waals surface area contributed by atoms with E-state index in [1.807, 2.05) is 0 Å². The van der Waals surface area contributed by atoms with Gasteiger partial charge in [0, 0.05) is 18.2 Å². The molecule has 0 spiro atoms. The van der Waals surface area contributed by atoms with E-state index in [1.54, 1.807) is 0 Å². The highest BCUT2D eigenvalue weighted by Gasteiger charge is 2.23. The first-order valence-electron chi connectivity index (χ1n) is 3.26. The van der Waals surface area contributed by atoms with E-state index >= 15 is 0 Å². The number of methoxy groups -OCH3 is 1. The molecular formula is C7H9NO3. The maximum Gasteiger partial charge on any atom is 0.328 e. The maximum absolute atomic E-state index is 10.8. The van der Waals surface area contributed by atoms with Gasteiger partial charge in [0.25, 0.3) is 0 Å². The van der Waals surface area contributed by atoms with Crippen molar-refractivity contribution in [2.45, 2.75) is 12.5 Å². The SMILES string of the molecule is COC(=O)C1CC(C=O)=CN1. The molecule has 0 aromatic heterocycles. The van der Waals surface area contributed by atoms with Crippen LogP contribution in [-0.2, 0) is 14.3 Å². The van der Waals surface area contributed by atoms with Gasteiger partial charge in [-0.2, -0.15) is 0 Å². The number of hydrogen-bond acceptors (Lipinski definition) is 4. The standard InChI is InChI=1S/C7H9NO3/c1-11-7(10)6-2-5(4-9)3-8-6/h3-4,6,8H,2H2,1H3. The summed E-state index contributed by atoms with van der Waals surface area (Å²) < 4.78 is 4.48. The summed E-state index contributed by atoms with van der Waals surface area (Å²) in [6.07, 6.45) is 2.70. The molecule has 0 aliphatic carbocycles. The third kappa shape index (κ3) is 1.58. The zero-order valence-electron chi connectivity index (χ0n) is 6.16. The minimum atomic E-state index is -0.375. The van der Waals surface area contributed by atoms with Crippen LogP contribution in [0.2, 0.25) is 0 Å². The fourth-order valence-electron chi connectivity index (χ4n) is 0.937. The molecule has 1 aliphatic heterocycles. The van der Waals surface area contributed by atoms with E-state index in [1.165, 1.54) is 13.3 Å². The van der Waals surface area contributed by atoms with Crippen LogP contribution in [0.3, 0.4) is 0 Å². The van der Waals surface area contributed by atoms with Crippen molar-refractivity contribution in [1.82, 2.24) is 5.32 Å². The summed E-state index contributed by atoms with van der Waals surface area (Å²) >= 11 is 0. The lowest BCUT2D eigenvalue weighted by Crippen LogP contribution is -2.30. The topological polar surface area (TPSA) is 55.4 Å². The van der Waals surface area contributed by atoms with Crippen LogP contribution < -0.4 is 5.32 Å². The van der Waals surface area contributed by atoms with Crippen LogP contribution >= 0.6 is 0 Å². The maximum atomic E-state index is 10.8. The monoisotopic (exact) mass is 155 g/mol. The molecule has 0 radical (unpaired) electrons. The van der Waals surface area contributed by atoms with E-state index in [2.05, 4.69) is 10.1 Å². The Bertz CT molecular complexity index is 210. The Morgan fingerprint density at radius 1 is 1.91 bits per heavy atom. The number of hydrogen-bond donors (Lipinski definition) is 1. The minimum Gasteiger partial charge on any atom is -0.467 e. The average molecular weight is 155 g/mol. The quantitative estimate of drug-likeness (QED) is 0.435. The third-order valence-electron chi connectivity index (χ3n) is 1.55. The molecule has 1 rings (SSSR count). The summed E-state index contributed by atoms with van der Waals surface area (Å²) in [7, 11) is 1.32. The van der Waals surface area contributed by atoms with Crippen LogP contribution in [0.4, 0.5) is 0 Å². The minimum absolute atomic E-state index is 0.335. The molecule has 1 unspecified atom stereocenters. The highest BCUT2D eigenvalue weighted by Crippen LogP contribution is 2.10. The van der Waals surface area contributed by atoms with Crippen LogP contribution in [0.25, 0.3) is 0 Å². The van der Waals surface area contributed by atoms with E-state index in [0.717, 1.165) is 6.29 Å². The fraction of sp³-hybridized carbons (Fsp3) is 0.429. The van der Waals surface area contributed by atoms with Gasteiger partial charge in [0.1, 0.15) is 12.3 Å². The van der Waals surface area contributed by atoms with Crippen molar-refractivity contribution in [2.75, 3.05) is 7.11 Å². The Hall–Kier alpha value is -1.32. The van der Waals surface area contributed by atoms with Gasteiger partial charge >= 0.3 is 5.97 Å². The van der Waals surface area contributed by atoms with Crippen molar-refractivity contribution in [3.05, 3.63) is 11.8 Å². The normalized spacial score (nSPS) is 21.9. The van der Waals surface area contributed by atoms with E-state index in [4.69, 9.17) is 0 Å². The fourth-order valence-corrected chi connectivity index (χ4v) is 0.937. The van der Waals surface area contributed by atoms with Gasteiger partial charge in [0.2, 0.25) is 0 Å². The Kier molecular flexibility index (Phi) is 2.25. The molecule has 0 bridgehead atoms. The molecule has 11 heavy (non-hydrogen) atoms. The van der Waals surface area contributed by atoms with Crippen LogP contribution in [0, 0.1) is 0 Å². The van der Waals surface area contributed by atoms with E-state index in [0.29, 0.717) is 12.0 Å². The zero-order chi connectivity index (χ0) is 8.27. The van der Waals surface area contributed by atoms with Gasteiger partial charge in [-0.05, 0) is 0 Å². The van der Waals surface area contributed by atoms with Crippen LogP contribution in [0.5, 0.6) is 0 Å². The molecule has 0 saturated heterocycles. The smallest absolute Gasteiger partial charge is 0.328 e. The van der Waals surface area contributed by atoms with E-state index < -0.39 is 0 Å². The van der Waals surface area contributed by atoms with Crippen molar-refractivity contribution >= 4 is 12.3 Å². The highest BCUT2D eigenvalue weighted by atomic mass is 16.5. The summed E-state index contributed by atoms with van der Waals surface area (Å²) in [6.45, 7) is 0. The number of nitrogens with one attached hydrogen (secondary N) is 1. The van der Waals surface area contributed by atoms with Crippen molar-refractivity contribution in [1.29, 1.82) is 0 Å². The van der Waals surface area contributed by atoms with Gasteiger partial charge in [0.15, 0.2) is 0 Å². The Morgan fingerprint density at radius 3 is 3.09 bits per heavy atom. The Morgan fingerprint density at radius 2 is 2.64 bits per heavy atom. The molecule has 1 heterocycles. The first-order chi connectivity index (χ1) is 5.27. The zero-order valence-corrected chi connectivity index (χ0v) is 6.16. The molecule has 0 aromatic carbocycles. The van der Waals surface area contributed by atoms with Gasteiger partial charge in [-0.25, -0.2) is 4.79 Å². The molecule has 1 atom stereocenters. The summed E-state index contributed by atoms with van der Waals surface area (Å²) in [5.74, 6) is -0.335. The predicted octanol–water partition coefficient (Wildman–Crippen LogP) is -0.396. The van der Waals surface area contributed by atoms with Crippen LogP contribution in [0.1, 0.15) is 6.42 Å². The molecular weight excluding hydrogens is 146 g/mol. The summed E-state index contributed by atoms with van der Waals surface area (Å²) in [5.41, 5.74) is 0.598.